The topological polar surface area (TPSA) is 69.5 Å². The van der Waals surface area contributed by atoms with E-state index in [9.17, 15) is 13.2 Å². The van der Waals surface area contributed by atoms with E-state index in [4.69, 9.17) is 0 Å². The molecule has 6 nitrogen and oxygen atoms in total. The number of fused-ring (bicyclic) bond motifs is 1. The summed E-state index contributed by atoms with van der Waals surface area (Å²) in [5, 5.41) is 2.97. The molecule has 0 spiro atoms. The van der Waals surface area contributed by atoms with E-state index in [0.717, 1.165) is 15.6 Å². The minimum absolute atomic E-state index is 0.137. The van der Waals surface area contributed by atoms with E-state index < -0.39 is 10.2 Å². The molecule has 0 unspecified atom stereocenters. The van der Waals surface area contributed by atoms with Crippen molar-refractivity contribution in [2.75, 3.05) is 29.8 Å². The van der Waals surface area contributed by atoms with Gasteiger partial charge < -0.3 is 5.32 Å². The fourth-order valence-corrected chi connectivity index (χ4v) is 3.61. The molecule has 0 saturated carbocycles. The van der Waals surface area contributed by atoms with Crippen LogP contribution in [0.5, 0.6) is 0 Å². The first-order valence-corrected chi connectivity index (χ1v) is 7.07. The summed E-state index contributed by atoms with van der Waals surface area (Å²) in [5.41, 5.74) is 2.09. The van der Waals surface area contributed by atoms with Crippen molar-refractivity contribution in [1.82, 2.24) is 4.31 Å². The third-order valence-corrected chi connectivity index (χ3v) is 5.00. The minimum atomic E-state index is -3.65. The zero-order valence-corrected chi connectivity index (χ0v) is 10.7. The molecule has 1 aromatic carbocycles. The van der Waals surface area contributed by atoms with Crippen molar-refractivity contribution in [3.8, 4) is 0 Å². The molecule has 0 atom stereocenters. The molecule has 1 N–H and O–H groups in total. The Labute approximate surface area is 105 Å². The number of anilines is 2. The van der Waals surface area contributed by atoms with Crippen LogP contribution >= 0.6 is 0 Å². The van der Waals surface area contributed by atoms with Gasteiger partial charge in [-0.15, -0.1) is 0 Å². The summed E-state index contributed by atoms with van der Waals surface area (Å²) >= 11 is 0. The Morgan fingerprint density at radius 1 is 1.28 bits per heavy atom. The minimum Gasteiger partial charge on any atom is -0.388 e. The molecule has 2 aliphatic rings. The molecule has 0 radical (unpaired) electrons. The molecular formula is C11H13N3O3S. The van der Waals surface area contributed by atoms with Gasteiger partial charge in [0.05, 0.1) is 12.1 Å². The van der Waals surface area contributed by atoms with Gasteiger partial charge in [-0.3, -0.25) is 4.79 Å². The zero-order valence-electron chi connectivity index (χ0n) is 9.88. The van der Waals surface area contributed by atoms with Gasteiger partial charge in [0.25, 0.3) is 0 Å². The first-order chi connectivity index (χ1) is 8.54. The van der Waals surface area contributed by atoms with Gasteiger partial charge in [-0.05, 0) is 23.8 Å². The van der Waals surface area contributed by atoms with Crippen LogP contribution < -0.4 is 9.62 Å². The Bertz CT molecular complexity index is 622. The predicted octanol–water partition coefficient (Wildman–Crippen LogP) is 0.178. The highest BCUT2D eigenvalue weighted by atomic mass is 32.2. The van der Waals surface area contributed by atoms with Crippen molar-refractivity contribution in [3.05, 3.63) is 23.8 Å². The quantitative estimate of drug-likeness (QED) is 0.793. The fourth-order valence-electron chi connectivity index (χ4n) is 2.09. The van der Waals surface area contributed by atoms with E-state index in [1.165, 1.54) is 4.31 Å². The Morgan fingerprint density at radius 3 is 2.61 bits per heavy atom. The van der Waals surface area contributed by atoms with Crippen LogP contribution in [-0.4, -0.2) is 38.8 Å². The van der Waals surface area contributed by atoms with E-state index in [1.54, 1.807) is 19.2 Å². The van der Waals surface area contributed by atoms with E-state index in [0.29, 0.717) is 18.8 Å². The van der Waals surface area contributed by atoms with E-state index in [1.807, 2.05) is 6.07 Å². The number of nitrogens with one attached hydrogen (secondary N) is 1. The number of amides is 1. The first-order valence-electron chi connectivity index (χ1n) is 5.68. The highest BCUT2D eigenvalue weighted by Gasteiger charge is 2.44. The normalized spacial score (nSPS) is 18.9. The van der Waals surface area contributed by atoms with Crippen LogP contribution in [0.3, 0.4) is 0 Å². The number of rotatable bonds is 3. The van der Waals surface area contributed by atoms with Crippen LogP contribution in [0.2, 0.25) is 0 Å². The second-order valence-electron chi connectivity index (χ2n) is 4.34. The number of hydrogen-bond acceptors (Lipinski definition) is 4. The maximum Gasteiger partial charge on any atom is 0.310 e. The van der Waals surface area contributed by atoms with Crippen molar-refractivity contribution in [2.24, 2.45) is 0 Å². The van der Waals surface area contributed by atoms with Gasteiger partial charge in [0, 0.05) is 25.8 Å². The molecule has 3 rings (SSSR count). The SMILES string of the molecule is CNc1ccc2c(c1)CC(=O)N2S(=O)(=O)N1CC1. The molecule has 1 aromatic rings. The van der Waals surface area contributed by atoms with E-state index in [2.05, 4.69) is 5.32 Å². The highest BCUT2D eigenvalue weighted by molar-refractivity contribution is 7.91. The summed E-state index contributed by atoms with van der Waals surface area (Å²) in [6.07, 6.45) is 0.137. The van der Waals surface area contributed by atoms with Crippen molar-refractivity contribution >= 4 is 27.5 Å². The Kier molecular flexibility index (Phi) is 2.36. The van der Waals surface area contributed by atoms with Gasteiger partial charge >= 0.3 is 10.2 Å². The van der Waals surface area contributed by atoms with Gasteiger partial charge in [0.2, 0.25) is 5.91 Å². The van der Waals surface area contributed by atoms with Crippen LogP contribution in [0.1, 0.15) is 5.56 Å². The summed E-state index contributed by atoms with van der Waals surface area (Å²) < 4.78 is 26.5. The second-order valence-corrected chi connectivity index (χ2v) is 6.11. The lowest BCUT2D eigenvalue weighted by Gasteiger charge is -2.17. The highest BCUT2D eigenvalue weighted by Crippen LogP contribution is 2.35. The Balaban J connectivity index is 2.07. The molecule has 0 bridgehead atoms. The summed E-state index contributed by atoms with van der Waals surface area (Å²) in [6, 6.07) is 5.25. The number of carbonyl (C=O) groups is 1. The average Bonchev–Trinajstić information content (AvgIpc) is 3.11. The zero-order chi connectivity index (χ0) is 12.9. The van der Waals surface area contributed by atoms with Crippen LogP contribution in [-0.2, 0) is 21.4 Å². The van der Waals surface area contributed by atoms with Crippen molar-refractivity contribution in [1.29, 1.82) is 0 Å². The van der Waals surface area contributed by atoms with Crippen LogP contribution in [0.15, 0.2) is 18.2 Å². The van der Waals surface area contributed by atoms with Gasteiger partial charge in [-0.2, -0.15) is 17.0 Å². The molecular weight excluding hydrogens is 254 g/mol. The molecule has 1 amide bonds. The van der Waals surface area contributed by atoms with Crippen LogP contribution in [0, 0.1) is 0 Å². The summed E-state index contributed by atoms with van der Waals surface area (Å²) in [5.74, 6) is -0.384. The molecule has 2 heterocycles. The third kappa shape index (κ3) is 1.58. The van der Waals surface area contributed by atoms with E-state index in [-0.39, 0.29) is 12.3 Å². The summed E-state index contributed by atoms with van der Waals surface area (Å²) in [6.45, 7) is 0.992. The van der Waals surface area contributed by atoms with Crippen molar-refractivity contribution < 1.29 is 13.2 Å². The smallest absolute Gasteiger partial charge is 0.310 e. The molecule has 2 aliphatic heterocycles. The molecule has 96 valence electrons. The summed E-state index contributed by atoms with van der Waals surface area (Å²) in [7, 11) is -1.87. The molecule has 7 heteroatoms. The van der Waals surface area contributed by atoms with Crippen molar-refractivity contribution in [2.45, 2.75) is 6.42 Å². The van der Waals surface area contributed by atoms with Crippen LogP contribution in [0.25, 0.3) is 0 Å². The molecule has 18 heavy (non-hydrogen) atoms. The predicted molar refractivity (Wildman–Crippen MR) is 67.7 cm³/mol. The van der Waals surface area contributed by atoms with E-state index >= 15 is 0 Å². The largest absolute Gasteiger partial charge is 0.388 e. The lowest BCUT2D eigenvalue weighted by molar-refractivity contribution is -0.116. The maximum absolute atomic E-state index is 12.1. The Morgan fingerprint density at radius 2 is 2.00 bits per heavy atom. The number of carbonyl (C=O) groups excluding carboxylic acids is 1. The first kappa shape index (κ1) is 11.5. The number of hydrogen-bond donors (Lipinski definition) is 1. The van der Waals surface area contributed by atoms with Gasteiger partial charge in [-0.1, -0.05) is 0 Å². The lowest BCUT2D eigenvalue weighted by atomic mass is 10.1. The molecule has 1 fully saturated rings. The summed E-state index contributed by atoms with van der Waals surface area (Å²) in [4.78, 5) is 11.9. The lowest BCUT2D eigenvalue weighted by Crippen LogP contribution is -2.38. The monoisotopic (exact) mass is 267 g/mol. The molecule has 0 aromatic heterocycles. The maximum atomic E-state index is 12.1. The number of benzene rings is 1. The average molecular weight is 267 g/mol. The third-order valence-electron chi connectivity index (χ3n) is 3.12. The van der Waals surface area contributed by atoms with Crippen molar-refractivity contribution in [3.63, 3.8) is 0 Å². The van der Waals surface area contributed by atoms with Gasteiger partial charge in [0.15, 0.2) is 0 Å². The fraction of sp³-hybridized carbons (Fsp3) is 0.364. The van der Waals surface area contributed by atoms with Gasteiger partial charge in [-0.25, -0.2) is 0 Å². The molecule has 1 saturated heterocycles. The van der Waals surface area contributed by atoms with Gasteiger partial charge in [0.1, 0.15) is 0 Å². The standard InChI is InChI=1S/C11H13N3O3S/c1-12-9-2-3-10-8(6-9)7-11(15)14(10)18(16,17)13-4-5-13/h2-3,6,12H,4-5,7H2,1H3. The number of nitrogens with zero attached hydrogens (tertiary/aromatic N) is 2. The second kappa shape index (κ2) is 3.69. The van der Waals surface area contributed by atoms with Crippen LogP contribution in [0.4, 0.5) is 11.4 Å². The molecule has 0 aliphatic carbocycles. The Hall–Kier alpha value is -1.60.